The number of pyridine rings is 1. The van der Waals surface area contributed by atoms with Crippen molar-refractivity contribution >= 4 is 27.8 Å². The maximum absolute atomic E-state index is 12.5. The molecule has 3 heterocycles. The molecule has 4 rings (SSSR count). The third-order valence-electron chi connectivity index (χ3n) is 3.15. The second-order valence-electron chi connectivity index (χ2n) is 4.28. The molecule has 0 aliphatic heterocycles. The number of imidazole rings is 1. The van der Waals surface area contributed by atoms with Crippen LogP contribution in [-0.2, 0) is 0 Å². The fourth-order valence-corrected chi connectivity index (χ4v) is 2.29. The number of aromatic hydroxyl groups is 1. The Morgan fingerprint density at radius 3 is 2.95 bits per heavy atom. The van der Waals surface area contributed by atoms with Gasteiger partial charge in [-0.25, -0.2) is 0 Å². The van der Waals surface area contributed by atoms with Crippen molar-refractivity contribution in [3.63, 3.8) is 0 Å². The predicted octanol–water partition coefficient (Wildman–Crippen LogP) is 2.30. The molecule has 0 fully saturated rings. The first-order chi connectivity index (χ1) is 9.25. The number of hydrogen-bond donors (Lipinski definition) is 1. The molecule has 0 unspecified atom stereocenters. The summed E-state index contributed by atoms with van der Waals surface area (Å²) in [5.74, 6) is -0.0615. The molecule has 0 aliphatic carbocycles. The van der Waals surface area contributed by atoms with Crippen molar-refractivity contribution in [1.29, 1.82) is 0 Å². The SMILES string of the molecule is O=c1c2cccc(O)c2oc2nc3ccccn3c12. The van der Waals surface area contributed by atoms with Crippen molar-refractivity contribution < 1.29 is 9.52 Å². The summed E-state index contributed by atoms with van der Waals surface area (Å²) in [7, 11) is 0. The molecule has 3 aromatic heterocycles. The molecule has 0 aliphatic rings. The molecule has 0 radical (unpaired) electrons. The Morgan fingerprint density at radius 2 is 2.05 bits per heavy atom. The van der Waals surface area contributed by atoms with Gasteiger partial charge in [0.15, 0.2) is 16.8 Å². The summed E-state index contributed by atoms with van der Waals surface area (Å²) in [6, 6.07) is 10.2. The quantitative estimate of drug-likeness (QED) is 0.521. The van der Waals surface area contributed by atoms with Crippen LogP contribution in [0, 0.1) is 0 Å². The number of fused-ring (bicyclic) bond motifs is 4. The maximum Gasteiger partial charge on any atom is 0.250 e. The summed E-state index contributed by atoms with van der Waals surface area (Å²) in [6.45, 7) is 0. The molecule has 0 saturated heterocycles. The molecule has 0 amide bonds. The fourth-order valence-electron chi connectivity index (χ4n) is 2.29. The van der Waals surface area contributed by atoms with Crippen LogP contribution in [0.15, 0.2) is 51.8 Å². The second kappa shape index (κ2) is 3.35. The zero-order valence-corrected chi connectivity index (χ0v) is 9.70. The molecule has 5 nitrogen and oxygen atoms in total. The number of phenols is 1. The predicted molar refractivity (Wildman–Crippen MR) is 70.4 cm³/mol. The van der Waals surface area contributed by atoms with Crippen LogP contribution in [0.2, 0.25) is 0 Å². The van der Waals surface area contributed by atoms with E-state index in [4.69, 9.17) is 4.42 Å². The zero-order valence-electron chi connectivity index (χ0n) is 9.70. The topological polar surface area (TPSA) is 67.7 Å². The molecule has 1 aromatic carbocycles. The maximum atomic E-state index is 12.5. The average Bonchev–Trinajstić information content (AvgIpc) is 2.79. The standard InChI is InChI=1S/C14H8N2O3/c17-9-5-3-4-8-12(18)11-14(19-13(8)9)15-10-6-1-2-7-16(10)11/h1-7,17H. The van der Waals surface area contributed by atoms with Crippen LogP contribution in [0.5, 0.6) is 5.75 Å². The first kappa shape index (κ1) is 10.1. The first-order valence-corrected chi connectivity index (χ1v) is 5.77. The van der Waals surface area contributed by atoms with Crippen molar-refractivity contribution in [2.24, 2.45) is 0 Å². The molecule has 5 heteroatoms. The Balaban J connectivity index is 2.38. The van der Waals surface area contributed by atoms with E-state index in [9.17, 15) is 9.90 Å². The van der Waals surface area contributed by atoms with Crippen molar-refractivity contribution in [3.05, 3.63) is 52.8 Å². The number of para-hydroxylation sites is 1. The normalized spacial score (nSPS) is 11.6. The van der Waals surface area contributed by atoms with Gasteiger partial charge in [-0.05, 0) is 24.3 Å². The van der Waals surface area contributed by atoms with E-state index in [1.54, 1.807) is 28.8 Å². The van der Waals surface area contributed by atoms with Crippen molar-refractivity contribution in [2.45, 2.75) is 0 Å². The third-order valence-corrected chi connectivity index (χ3v) is 3.15. The van der Waals surface area contributed by atoms with E-state index >= 15 is 0 Å². The van der Waals surface area contributed by atoms with E-state index in [2.05, 4.69) is 4.98 Å². The minimum atomic E-state index is -0.203. The third kappa shape index (κ3) is 1.24. The molecule has 19 heavy (non-hydrogen) atoms. The summed E-state index contributed by atoms with van der Waals surface area (Å²) >= 11 is 0. The first-order valence-electron chi connectivity index (χ1n) is 5.77. The van der Waals surface area contributed by atoms with Gasteiger partial charge in [-0.2, -0.15) is 4.98 Å². The molecule has 1 N–H and O–H groups in total. The van der Waals surface area contributed by atoms with Gasteiger partial charge in [-0.3, -0.25) is 9.20 Å². The Hall–Kier alpha value is -2.82. The minimum Gasteiger partial charge on any atom is -0.504 e. The van der Waals surface area contributed by atoms with Crippen molar-refractivity contribution in [1.82, 2.24) is 9.38 Å². The number of hydrogen-bond acceptors (Lipinski definition) is 4. The molecule has 92 valence electrons. The summed E-state index contributed by atoms with van der Waals surface area (Å²) in [6.07, 6.45) is 1.76. The smallest absolute Gasteiger partial charge is 0.250 e. The zero-order chi connectivity index (χ0) is 13.0. The highest BCUT2D eigenvalue weighted by Gasteiger charge is 2.15. The fraction of sp³-hybridized carbons (Fsp3) is 0. The van der Waals surface area contributed by atoms with Crippen LogP contribution >= 0.6 is 0 Å². The number of nitrogens with zero attached hydrogens (tertiary/aromatic N) is 2. The van der Waals surface area contributed by atoms with Crippen LogP contribution in [-0.4, -0.2) is 14.5 Å². The number of phenolic OH excluding ortho intramolecular Hbond substituents is 1. The van der Waals surface area contributed by atoms with Gasteiger partial charge in [0.25, 0.3) is 0 Å². The lowest BCUT2D eigenvalue weighted by molar-refractivity contribution is 0.467. The van der Waals surface area contributed by atoms with E-state index in [1.807, 2.05) is 12.1 Å². The van der Waals surface area contributed by atoms with Crippen LogP contribution in [0.25, 0.3) is 27.8 Å². The lowest BCUT2D eigenvalue weighted by atomic mass is 10.2. The summed E-state index contributed by atoms with van der Waals surface area (Å²) < 4.78 is 7.25. The van der Waals surface area contributed by atoms with Crippen molar-refractivity contribution in [2.75, 3.05) is 0 Å². The lowest BCUT2D eigenvalue weighted by Crippen LogP contribution is -2.04. The van der Waals surface area contributed by atoms with E-state index in [0.29, 0.717) is 16.6 Å². The van der Waals surface area contributed by atoms with Crippen LogP contribution in [0.4, 0.5) is 0 Å². The minimum absolute atomic E-state index is 0.0615. The van der Waals surface area contributed by atoms with Gasteiger partial charge >= 0.3 is 0 Å². The number of benzene rings is 1. The molecule has 0 atom stereocenters. The summed E-state index contributed by atoms with van der Waals surface area (Å²) in [5, 5.41) is 10.1. The molecule has 0 bridgehead atoms. The van der Waals surface area contributed by atoms with Gasteiger partial charge in [0, 0.05) is 6.20 Å². The molecule has 0 saturated carbocycles. The second-order valence-corrected chi connectivity index (χ2v) is 4.28. The van der Waals surface area contributed by atoms with Gasteiger partial charge in [0.1, 0.15) is 5.65 Å². The van der Waals surface area contributed by atoms with Gasteiger partial charge in [-0.15, -0.1) is 0 Å². The van der Waals surface area contributed by atoms with Gasteiger partial charge in [-0.1, -0.05) is 12.1 Å². The Kier molecular flexibility index (Phi) is 1.79. The van der Waals surface area contributed by atoms with E-state index < -0.39 is 0 Å². The highest BCUT2D eigenvalue weighted by atomic mass is 16.4. The Bertz CT molecular complexity index is 998. The highest BCUT2D eigenvalue weighted by molar-refractivity contribution is 5.91. The Morgan fingerprint density at radius 1 is 1.16 bits per heavy atom. The Labute approximate surface area is 106 Å². The highest BCUT2D eigenvalue weighted by Crippen LogP contribution is 2.25. The number of rotatable bonds is 0. The van der Waals surface area contributed by atoms with Gasteiger partial charge < -0.3 is 9.52 Å². The number of aromatic nitrogens is 2. The van der Waals surface area contributed by atoms with Crippen molar-refractivity contribution in [3.8, 4) is 5.75 Å². The van der Waals surface area contributed by atoms with Gasteiger partial charge in [0.05, 0.1) is 5.39 Å². The molecule has 4 aromatic rings. The van der Waals surface area contributed by atoms with E-state index in [-0.39, 0.29) is 22.5 Å². The average molecular weight is 252 g/mol. The van der Waals surface area contributed by atoms with E-state index in [1.165, 1.54) is 6.07 Å². The van der Waals surface area contributed by atoms with E-state index in [0.717, 1.165) is 0 Å². The van der Waals surface area contributed by atoms with Crippen LogP contribution < -0.4 is 5.43 Å². The molecular weight excluding hydrogens is 244 g/mol. The van der Waals surface area contributed by atoms with Crippen LogP contribution in [0.1, 0.15) is 0 Å². The summed E-state index contributed by atoms with van der Waals surface area (Å²) in [5.41, 5.74) is 1.21. The summed E-state index contributed by atoms with van der Waals surface area (Å²) in [4.78, 5) is 16.7. The lowest BCUT2D eigenvalue weighted by Gasteiger charge is -1.99. The molecule has 0 spiro atoms. The molecular formula is C14H8N2O3. The monoisotopic (exact) mass is 252 g/mol. The largest absolute Gasteiger partial charge is 0.504 e. The van der Waals surface area contributed by atoms with Crippen LogP contribution in [0.3, 0.4) is 0 Å². The van der Waals surface area contributed by atoms with Gasteiger partial charge in [0.2, 0.25) is 11.1 Å².